The predicted molar refractivity (Wildman–Crippen MR) is 63.7 cm³/mol. The smallest absolute Gasteiger partial charge is 0.0429 e. The number of hydrogen-bond donors (Lipinski definition) is 0. The lowest BCUT2D eigenvalue weighted by atomic mass is 10.1. The third-order valence-electron chi connectivity index (χ3n) is 1.98. The van der Waals surface area contributed by atoms with Crippen molar-refractivity contribution in [1.82, 2.24) is 4.98 Å². The summed E-state index contributed by atoms with van der Waals surface area (Å²) in [5, 5.41) is 0. The van der Waals surface area contributed by atoms with Crippen LogP contribution >= 0.6 is 0 Å². The first-order valence-corrected chi connectivity index (χ1v) is 5.69. The highest BCUT2D eigenvalue weighted by atomic mass is 14.7. The van der Waals surface area contributed by atoms with Gasteiger partial charge in [0.15, 0.2) is 0 Å². The maximum Gasteiger partial charge on any atom is 0.0429 e. The molecule has 0 N–H and O–H groups in total. The largest absolute Gasteiger partial charge is 0.261 e. The zero-order chi connectivity index (χ0) is 11.0. The molecule has 0 aliphatic rings. The van der Waals surface area contributed by atoms with Crippen LogP contribution in [-0.4, -0.2) is 4.98 Å². The normalized spacial score (nSPS) is 9.57. The van der Waals surface area contributed by atoms with Crippen LogP contribution in [0.1, 0.15) is 58.2 Å². The standard InChI is InChI=1S/C11H17N.C2H6/c1-4-5-10-6-7-11(9(2)3)12-8-10;1-2/h6-9H,4-5H2,1-3H3;1-2H3. The second-order valence-electron chi connectivity index (χ2n) is 3.50. The lowest BCUT2D eigenvalue weighted by Crippen LogP contribution is -1.93. The van der Waals surface area contributed by atoms with E-state index in [0.717, 1.165) is 6.42 Å². The minimum absolute atomic E-state index is 0.542. The molecule has 1 nitrogen and oxygen atoms in total. The monoisotopic (exact) mass is 193 g/mol. The van der Waals surface area contributed by atoms with E-state index in [4.69, 9.17) is 0 Å². The average molecular weight is 193 g/mol. The first kappa shape index (κ1) is 13.2. The average Bonchev–Trinajstić information content (AvgIpc) is 2.22. The molecule has 0 bridgehead atoms. The van der Waals surface area contributed by atoms with Gasteiger partial charge in [-0.25, -0.2) is 0 Å². The first-order chi connectivity index (χ1) is 6.74. The van der Waals surface area contributed by atoms with Gasteiger partial charge in [0.05, 0.1) is 0 Å². The van der Waals surface area contributed by atoms with Gasteiger partial charge in [0.2, 0.25) is 0 Å². The molecule has 80 valence electrons. The fraction of sp³-hybridized carbons (Fsp3) is 0.615. The Balaban J connectivity index is 0.000000791. The molecule has 1 aromatic heterocycles. The van der Waals surface area contributed by atoms with Crippen LogP contribution < -0.4 is 0 Å². The Labute approximate surface area is 88.6 Å². The highest BCUT2D eigenvalue weighted by molar-refractivity contribution is 5.15. The minimum Gasteiger partial charge on any atom is -0.261 e. The molecule has 0 amide bonds. The third-order valence-corrected chi connectivity index (χ3v) is 1.98. The molecule has 0 atom stereocenters. The number of rotatable bonds is 3. The molecule has 0 spiro atoms. The summed E-state index contributed by atoms with van der Waals surface area (Å²) < 4.78 is 0. The van der Waals surface area contributed by atoms with Gasteiger partial charge in [-0.2, -0.15) is 0 Å². The molecule has 1 aromatic rings. The molecule has 1 heteroatoms. The molecule has 0 radical (unpaired) electrons. The van der Waals surface area contributed by atoms with E-state index >= 15 is 0 Å². The van der Waals surface area contributed by atoms with Crippen molar-refractivity contribution in [2.75, 3.05) is 0 Å². The highest BCUT2D eigenvalue weighted by Crippen LogP contribution is 2.11. The molecule has 0 aliphatic heterocycles. The summed E-state index contributed by atoms with van der Waals surface area (Å²) >= 11 is 0. The number of aryl methyl sites for hydroxylation is 1. The molecule has 0 fully saturated rings. The lowest BCUT2D eigenvalue weighted by molar-refractivity contribution is 0.814. The molecule has 1 heterocycles. The van der Waals surface area contributed by atoms with Crippen molar-refractivity contribution in [2.45, 2.75) is 53.4 Å². The Morgan fingerprint density at radius 2 is 1.86 bits per heavy atom. The van der Waals surface area contributed by atoms with Gasteiger partial charge in [0, 0.05) is 11.9 Å². The van der Waals surface area contributed by atoms with Gasteiger partial charge in [-0.1, -0.05) is 47.1 Å². The Morgan fingerprint density at radius 3 is 2.21 bits per heavy atom. The van der Waals surface area contributed by atoms with E-state index in [9.17, 15) is 0 Å². The maximum absolute atomic E-state index is 4.40. The molecular formula is C13H23N. The third kappa shape index (κ3) is 4.40. The molecule has 0 aromatic carbocycles. The van der Waals surface area contributed by atoms with Crippen LogP contribution in [0.2, 0.25) is 0 Å². The van der Waals surface area contributed by atoms with E-state index in [1.165, 1.54) is 17.7 Å². The fourth-order valence-corrected chi connectivity index (χ4v) is 1.21. The summed E-state index contributed by atoms with van der Waals surface area (Å²) in [6.07, 6.45) is 4.34. The number of nitrogens with zero attached hydrogens (tertiary/aromatic N) is 1. The van der Waals surface area contributed by atoms with Crippen molar-refractivity contribution in [2.24, 2.45) is 0 Å². The maximum atomic E-state index is 4.40. The van der Waals surface area contributed by atoms with Crippen molar-refractivity contribution < 1.29 is 0 Å². The molecule has 14 heavy (non-hydrogen) atoms. The van der Waals surface area contributed by atoms with Crippen LogP contribution in [0.15, 0.2) is 18.3 Å². The molecular weight excluding hydrogens is 170 g/mol. The molecule has 0 saturated heterocycles. The van der Waals surface area contributed by atoms with E-state index in [1.54, 1.807) is 0 Å². The van der Waals surface area contributed by atoms with Gasteiger partial charge in [0.1, 0.15) is 0 Å². The Kier molecular flexibility index (Phi) is 7.09. The van der Waals surface area contributed by atoms with Gasteiger partial charge >= 0.3 is 0 Å². The van der Waals surface area contributed by atoms with Gasteiger partial charge in [-0.3, -0.25) is 4.98 Å². The summed E-state index contributed by atoms with van der Waals surface area (Å²) in [5.41, 5.74) is 2.54. The number of aromatic nitrogens is 1. The van der Waals surface area contributed by atoms with E-state index in [0.29, 0.717) is 5.92 Å². The molecule has 0 saturated carbocycles. The van der Waals surface area contributed by atoms with E-state index in [1.807, 2.05) is 20.0 Å². The Bertz CT molecular complexity index is 223. The van der Waals surface area contributed by atoms with E-state index < -0.39 is 0 Å². The highest BCUT2D eigenvalue weighted by Gasteiger charge is 1.99. The van der Waals surface area contributed by atoms with Crippen molar-refractivity contribution in [3.63, 3.8) is 0 Å². The lowest BCUT2D eigenvalue weighted by Gasteiger charge is -2.04. The quantitative estimate of drug-likeness (QED) is 0.701. The zero-order valence-corrected chi connectivity index (χ0v) is 10.2. The molecule has 0 aliphatic carbocycles. The van der Waals surface area contributed by atoms with Gasteiger partial charge < -0.3 is 0 Å². The molecule has 0 unspecified atom stereocenters. The molecule has 1 rings (SSSR count). The zero-order valence-electron chi connectivity index (χ0n) is 10.2. The SMILES string of the molecule is CC.CCCc1ccc(C(C)C)nc1. The van der Waals surface area contributed by atoms with E-state index in [2.05, 4.69) is 37.9 Å². The summed E-state index contributed by atoms with van der Waals surface area (Å²) in [5.74, 6) is 0.542. The van der Waals surface area contributed by atoms with Crippen LogP contribution in [0.3, 0.4) is 0 Å². The minimum atomic E-state index is 0.542. The van der Waals surface area contributed by atoms with Gasteiger partial charge in [-0.05, 0) is 24.0 Å². The van der Waals surface area contributed by atoms with Crippen molar-refractivity contribution in [3.05, 3.63) is 29.6 Å². The Hall–Kier alpha value is -0.850. The van der Waals surface area contributed by atoms with Crippen LogP contribution in [-0.2, 0) is 6.42 Å². The van der Waals surface area contributed by atoms with Crippen molar-refractivity contribution in [1.29, 1.82) is 0 Å². The number of pyridine rings is 1. The van der Waals surface area contributed by atoms with Crippen LogP contribution in [0.5, 0.6) is 0 Å². The second-order valence-corrected chi connectivity index (χ2v) is 3.50. The summed E-state index contributed by atoms with van der Waals surface area (Å²) in [7, 11) is 0. The number of hydrogen-bond acceptors (Lipinski definition) is 1. The first-order valence-electron chi connectivity index (χ1n) is 5.69. The second kappa shape index (κ2) is 7.54. The van der Waals surface area contributed by atoms with Crippen LogP contribution in [0.4, 0.5) is 0 Å². The summed E-state index contributed by atoms with van der Waals surface area (Å²) in [6.45, 7) is 10.5. The Morgan fingerprint density at radius 1 is 1.21 bits per heavy atom. The van der Waals surface area contributed by atoms with Crippen LogP contribution in [0.25, 0.3) is 0 Å². The topological polar surface area (TPSA) is 12.9 Å². The summed E-state index contributed by atoms with van der Waals surface area (Å²) in [4.78, 5) is 4.40. The van der Waals surface area contributed by atoms with Gasteiger partial charge in [-0.15, -0.1) is 0 Å². The van der Waals surface area contributed by atoms with E-state index in [-0.39, 0.29) is 0 Å². The van der Waals surface area contributed by atoms with Crippen molar-refractivity contribution >= 4 is 0 Å². The van der Waals surface area contributed by atoms with Gasteiger partial charge in [0.25, 0.3) is 0 Å². The summed E-state index contributed by atoms with van der Waals surface area (Å²) in [6, 6.07) is 4.32. The fourth-order valence-electron chi connectivity index (χ4n) is 1.21. The van der Waals surface area contributed by atoms with Crippen molar-refractivity contribution in [3.8, 4) is 0 Å². The predicted octanol–water partition coefficient (Wildman–Crippen LogP) is 4.18. The van der Waals surface area contributed by atoms with Crippen LogP contribution in [0, 0.1) is 0 Å².